The van der Waals surface area contributed by atoms with Gasteiger partial charge in [0.2, 0.25) is 0 Å². The van der Waals surface area contributed by atoms with E-state index in [4.69, 9.17) is 22.1 Å². The summed E-state index contributed by atoms with van der Waals surface area (Å²) in [5, 5.41) is 2.99. The molecule has 3 aromatic carbocycles. The minimum absolute atomic E-state index is 0.0231. The Morgan fingerprint density at radius 1 is 1.03 bits per heavy atom. The van der Waals surface area contributed by atoms with Gasteiger partial charge in [-0.1, -0.05) is 29.8 Å². The number of amides is 1. The van der Waals surface area contributed by atoms with E-state index in [1.165, 1.54) is 20.1 Å². The first-order chi connectivity index (χ1) is 17.2. The largest absolute Gasteiger partial charge is 0.465 e. The second-order valence-corrected chi connectivity index (χ2v) is 9.19. The lowest BCUT2D eigenvalue weighted by molar-refractivity contribution is 0.0600. The van der Waals surface area contributed by atoms with Gasteiger partial charge in [0.25, 0.3) is 5.91 Å². The van der Waals surface area contributed by atoms with Gasteiger partial charge in [0, 0.05) is 31.7 Å². The third kappa shape index (κ3) is 5.15. The monoisotopic (exact) mass is 510 g/mol. The molecule has 0 radical (unpaired) electrons. The van der Waals surface area contributed by atoms with Gasteiger partial charge in [-0.25, -0.2) is 9.18 Å². The molecule has 1 amide bonds. The number of likely N-dealkylation sites (N-methyl/N-ethyl adjacent to an activating group) is 1. The van der Waals surface area contributed by atoms with Crippen LogP contribution in [0.1, 0.15) is 26.3 Å². The molecule has 1 saturated heterocycles. The predicted octanol–water partition coefficient (Wildman–Crippen LogP) is 4.83. The molecule has 7 nitrogen and oxygen atoms in total. The maximum absolute atomic E-state index is 14.2. The zero-order chi connectivity index (χ0) is 26.0. The molecule has 0 aliphatic carbocycles. The second-order valence-electron chi connectivity index (χ2n) is 8.81. The molecule has 4 rings (SSSR count). The van der Waals surface area contributed by atoms with Crippen LogP contribution in [0.5, 0.6) is 0 Å². The Kier molecular flexibility index (Phi) is 7.47. The Balaban J connectivity index is 1.72. The van der Waals surface area contributed by atoms with E-state index < -0.39 is 17.7 Å². The van der Waals surface area contributed by atoms with Crippen molar-refractivity contribution in [3.63, 3.8) is 0 Å². The van der Waals surface area contributed by atoms with Gasteiger partial charge in [-0.2, -0.15) is 0 Å². The quantitative estimate of drug-likeness (QED) is 0.378. The highest BCUT2D eigenvalue weighted by atomic mass is 35.5. The number of esters is 1. The topological polar surface area (TPSA) is 87.9 Å². The summed E-state index contributed by atoms with van der Waals surface area (Å²) in [4.78, 5) is 29.5. The van der Waals surface area contributed by atoms with Gasteiger partial charge in [-0.05, 0) is 55.4 Å². The van der Waals surface area contributed by atoms with Crippen molar-refractivity contribution < 1.29 is 18.7 Å². The van der Waals surface area contributed by atoms with Gasteiger partial charge >= 0.3 is 5.97 Å². The van der Waals surface area contributed by atoms with Crippen LogP contribution in [0.4, 0.5) is 21.5 Å². The van der Waals surface area contributed by atoms with Gasteiger partial charge in [0.1, 0.15) is 0 Å². The van der Waals surface area contributed by atoms with Crippen LogP contribution in [0, 0.1) is 12.7 Å². The maximum Gasteiger partial charge on any atom is 0.337 e. The minimum Gasteiger partial charge on any atom is -0.465 e. The zero-order valence-corrected chi connectivity index (χ0v) is 21.2. The molecule has 0 unspecified atom stereocenters. The summed E-state index contributed by atoms with van der Waals surface area (Å²) >= 11 is 6.31. The molecule has 1 aliphatic rings. The molecular formula is C27H28ClFN4O3. The van der Waals surface area contributed by atoms with Crippen molar-refractivity contribution in [2.24, 2.45) is 0 Å². The number of nitrogens with two attached hydrogens (primary N) is 1. The first kappa shape index (κ1) is 25.5. The lowest BCUT2D eigenvalue weighted by atomic mass is 10.0. The summed E-state index contributed by atoms with van der Waals surface area (Å²) in [6.45, 7) is 4.87. The fraction of sp³-hybridized carbons (Fsp3) is 0.259. The molecule has 0 spiro atoms. The normalized spacial score (nSPS) is 14.0. The number of piperazine rings is 1. The third-order valence-electron chi connectivity index (χ3n) is 6.42. The number of nitrogens with zero attached hydrogens (tertiary/aromatic N) is 2. The van der Waals surface area contributed by atoms with Crippen molar-refractivity contribution in [2.45, 2.75) is 6.92 Å². The van der Waals surface area contributed by atoms with Gasteiger partial charge in [-0.3, -0.25) is 4.79 Å². The molecule has 0 bridgehead atoms. The Morgan fingerprint density at radius 2 is 1.67 bits per heavy atom. The number of ether oxygens (including phenoxy) is 1. The number of nitrogens with one attached hydrogen (secondary N) is 1. The molecule has 1 heterocycles. The van der Waals surface area contributed by atoms with Crippen LogP contribution in [-0.4, -0.2) is 57.1 Å². The Bertz CT molecular complexity index is 1310. The SMILES string of the molecule is COC(=O)c1ccc(-c2ccc(N3CCN(C)CC3)c(NC(=O)c3cc(N)c(F)c(C)c3Cl)c2)cc1. The molecule has 188 valence electrons. The van der Waals surface area contributed by atoms with Crippen LogP contribution >= 0.6 is 11.6 Å². The molecule has 0 atom stereocenters. The van der Waals surface area contributed by atoms with Crippen LogP contribution in [0.15, 0.2) is 48.5 Å². The summed E-state index contributed by atoms with van der Waals surface area (Å²) in [5.74, 6) is -1.53. The molecule has 3 aromatic rings. The number of hydrogen-bond donors (Lipinski definition) is 2. The molecular weight excluding hydrogens is 483 g/mol. The number of methoxy groups -OCH3 is 1. The van der Waals surface area contributed by atoms with Crippen molar-refractivity contribution in [3.05, 3.63) is 76.1 Å². The number of anilines is 3. The van der Waals surface area contributed by atoms with E-state index in [9.17, 15) is 14.0 Å². The fourth-order valence-electron chi connectivity index (χ4n) is 4.21. The second kappa shape index (κ2) is 10.6. The highest BCUT2D eigenvalue weighted by Gasteiger charge is 2.22. The third-order valence-corrected chi connectivity index (χ3v) is 6.91. The standard InChI is InChI=1S/C27H28ClFN4O3/c1-16-24(28)20(15-21(30)25(16)29)26(34)31-22-14-19(17-4-6-18(7-5-17)27(35)36-3)8-9-23(22)33-12-10-32(2)11-13-33/h4-9,14-15H,10-13,30H2,1-3H3,(H,31,34). The van der Waals surface area contributed by atoms with Gasteiger partial charge in [0.15, 0.2) is 5.82 Å². The van der Waals surface area contributed by atoms with Crippen molar-refractivity contribution >= 4 is 40.5 Å². The van der Waals surface area contributed by atoms with Crippen molar-refractivity contribution in [1.29, 1.82) is 0 Å². The smallest absolute Gasteiger partial charge is 0.337 e. The molecule has 9 heteroatoms. The average Bonchev–Trinajstić information content (AvgIpc) is 2.89. The predicted molar refractivity (Wildman–Crippen MR) is 141 cm³/mol. The van der Waals surface area contributed by atoms with E-state index in [-0.39, 0.29) is 21.8 Å². The van der Waals surface area contributed by atoms with Crippen LogP contribution in [0.3, 0.4) is 0 Å². The van der Waals surface area contributed by atoms with E-state index in [0.717, 1.165) is 43.0 Å². The summed E-state index contributed by atoms with van der Waals surface area (Å²) in [6.07, 6.45) is 0. The summed E-state index contributed by atoms with van der Waals surface area (Å²) in [6, 6.07) is 14.1. The van der Waals surface area contributed by atoms with Gasteiger partial charge in [-0.15, -0.1) is 0 Å². The number of benzene rings is 3. The highest BCUT2D eigenvalue weighted by molar-refractivity contribution is 6.35. The number of rotatable bonds is 5. The summed E-state index contributed by atoms with van der Waals surface area (Å²) < 4.78 is 18.9. The van der Waals surface area contributed by atoms with Crippen LogP contribution in [0.25, 0.3) is 11.1 Å². The zero-order valence-electron chi connectivity index (χ0n) is 20.4. The first-order valence-corrected chi connectivity index (χ1v) is 11.9. The minimum atomic E-state index is -0.632. The Hall–Kier alpha value is -3.62. The highest BCUT2D eigenvalue weighted by Crippen LogP contribution is 2.34. The van der Waals surface area contributed by atoms with E-state index in [0.29, 0.717) is 11.3 Å². The lowest BCUT2D eigenvalue weighted by Crippen LogP contribution is -2.44. The molecule has 0 aromatic heterocycles. The van der Waals surface area contributed by atoms with Crippen molar-refractivity contribution in [2.75, 3.05) is 56.3 Å². The summed E-state index contributed by atoms with van der Waals surface area (Å²) in [7, 11) is 3.41. The van der Waals surface area contributed by atoms with Crippen molar-refractivity contribution in [1.82, 2.24) is 4.90 Å². The maximum atomic E-state index is 14.2. The number of hydrogen-bond acceptors (Lipinski definition) is 6. The molecule has 3 N–H and O–H groups in total. The van der Waals surface area contributed by atoms with Gasteiger partial charge in [0.05, 0.1) is 40.3 Å². The molecule has 0 saturated carbocycles. The Labute approximate surface area is 214 Å². The fourth-order valence-corrected chi connectivity index (χ4v) is 4.43. The average molecular weight is 511 g/mol. The number of carbonyl (C=O) groups excluding carboxylic acids is 2. The molecule has 1 fully saturated rings. The van der Waals surface area contributed by atoms with E-state index >= 15 is 0 Å². The van der Waals surface area contributed by atoms with Crippen LogP contribution in [-0.2, 0) is 4.74 Å². The number of halogens is 2. The van der Waals surface area contributed by atoms with E-state index in [1.807, 2.05) is 30.3 Å². The van der Waals surface area contributed by atoms with Crippen LogP contribution in [0.2, 0.25) is 5.02 Å². The number of carbonyl (C=O) groups is 2. The van der Waals surface area contributed by atoms with E-state index in [1.54, 1.807) is 12.1 Å². The van der Waals surface area contributed by atoms with Crippen molar-refractivity contribution in [3.8, 4) is 11.1 Å². The lowest BCUT2D eigenvalue weighted by Gasteiger charge is -2.35. The van der Waals surface area contributed by atoms with Gasteiger partial charge < -0.3 is 25.6 Å². The Morgan fingerprint density at radius 3 is 2.31 bits per heavy atom. The van der Waals surface area contributed by atoms with E-state index in [2.05, 4.69) is 22.2 Å². The van der Waals surface area contributed by atoms with Crippen LogP contribution < -0.4 is 16.0 Å². The molecule has 1 aliphatic heterocycles. The summed E-state index contributed by atoms with van der Waals surface area (Å²) in [5.41, 5.74) is 9.48. The number of nitrogen functional groups attached to an aromatic ring is 1. The first-order valence-electron chi connectivity index (χ1n) is 11.5. The molecule has 36 heavy (non-hydrogen) atoms.